The zero-order chi connectivity index (χ0) is 25.4. The lowest BCUT2D eigenvalue weighted by Gasteiger charge is -2.21. The predicted octanol–water partition coefficient (Wildman–Crippen LogP) is 8.15. The number of benzene rings is 4. The van der Waals surface area contributed by atoms with Crippen molar-refractivity contribution >= 4 is 21.9 Å². The minimum Gasteiger partial charge on any atom is -0.308 e. The monoisotopic (exact) mass is 439 g/mol. The van der Waals surface area contributed by atoms with Crippen LogP contribution in [0.5, 0.6) is 0 Å². The highest BCUT2D eigenvalue weighted by Gasteiger charge is 2.36. The van der Waals surface area contributed by atoms with Gasteiger partial charge in [0.15, 0.2) is 0 Å². The molecule has 1 unspecified atom stereocenters. The minimum absolute atomic E-state index is 0.838. The van der Waals surface area contributed by atoms with E-state index in [9.17, 15) is 0 Å². The van der Waals surface area contributed by atoms with Crippen LogP contribution >= 0.6 is 0 Å². The van der Waals surface area contributed by atoms with Gasteiger partial charge in [0.25, 0.3) is 0 Å². The van der Waals surface area contributed by atoms with Crippen molar-refractivity contribution in [3.8, 4) is 27.9 Å². The molecule has 6 aromatic rings. The fraction of sp³-hybridized carbons (Fsp3) is 0.0938. The maximum atomic E-state index is 8.50. The van der Waals surface area contributed by atoms with Crippen molar-refractivity contribution in [3.63, 3.8) is 0 Å². The van der Waals surface area contributed by atoms with Crippen molar-refractivity contribution in [1.29, 1.82) is 0 Å². The zero-order valence-corrected chi connectivity index (χ0v) is 18.8. The van der Waals surface area contributed by atoms with Crippen LogP contribution in [-0.2, 0) is 5.41 Å². The highest BCUT2D eigenvalue weighted by Crippen LogP contribution is 2.50. The molecule has 2 aromatic heterocycles. The quantitative estimate of drug-likeness (QED) is 0.266. The summed E-state index contributed by atoms with van der Waals surface area (Å²) < 4.78 is 27.7. The molecule has 0 N–H and O–H groups in total. The Morgan fingerprint density at radius 1 is 0.706 bits per heavy atom. The molecule has 0 radical (unpaired) electrons. The van der Waals surface area contributed by atoms with E-state index in [0.717, 1.165) is 55.4 Å². The lowest BCUT2D eigenvalue weighted by molar-refractivity contribution is 0.661. The first-order chi connectivity index (χ1) is 17.9. The zero-order valence-electron chi connectivity index (χ0n) is 21.8. The summed E-state index contributed by atoms with van der Waals surface area (Å²) in [4.78, 5) is 4.74. The lowest BCUT2D eigenvalue weighted by atomic mass is 9.82. The molecule has 162 valence electrons. The summed E-state index contributed by atoms with van der Waals surface area (Å²) in [5.74, 6) is 0. The van der Waals surface area contributed by atoms with Gasteiger partial charge in [-0.3, -0.25) is 4.98 Å². The maximum Gasteiger partial charge on any atom is 0.0963 e. The van der Waals surface area contributed by atoms with Gasteiger partial charge in [0, 0.05) is 26.8 Å². The van der Waals surface area contributed by atoms with Crippen molar-refractivity contribution in [2.45, 2.75) is 19.2 Å². The highest BCUT2D eigenvalue weighted by molar-refractivity contribution is 6.09. The number of rotatable bonds is 2. The normalized spacial score (nSPS) is 18.3. The summed E-state index contributed by atoms with van der Waals surface area (Å²) in [6, 6.07) is 35.1. The van der Waals surface area contributed by atoms with E-state index < -0.39 is 12.3 Å². The number of nitrogens with zero attached hydrogens (tertiary/aromatic N) is 2. The van der Waals surface area contributed by atoms with Crippen molar-refractivity contribution in [2.24, 2.45) is 0 Å². The molecule has 0 bridgehead atoms. The fourth-order valence-corrected chi connectivity index (χ4v) is 5.52. The minimum atomic E-state index is -2.19. The Bertz CT molecular complexity index is 1820. The molecule has 0 saturated carbocycles. The molecule has 1 aliphatic rings. The molecule has 1 aliphatic carbocycles. The number of hydrogen-bond donors (Lipinski definition) is 0. The van der Waals surface area contributed by atoms with Crippen LogP contribution in [0.1, 0.15) is 29.0 Å². The van der Waals surface area contributed by atoms with E-state index in [2.05, 4.69) is 59.2 Å². The van der Waals surface area contributed by atoms with Crippen molar-refractivity contribution in [2.75, 3.05) is 0 Å². The second-order valence-corrected chi connectivity index (χ2v) is 9.20. The van der Waals surface area contributed by atoms with Crippen molar-refractivity contribution < 1.29 is 4.11 Å². The Labute approximate surface area is 203 Å². The first kappa shape index (κ1) is 16.4. The molecule has 0 aliphatic heterocycles. The van der Waals surface area contributed by atoms with E-state index in [0.29, 0.717) is 0 Å². The second kappa shape index (κ2) is 6.91. The summed E-state index contributed by atoms with van der Waals surface area (Å²) in [7, 11) is 0. The first-order valence-corrected chi connectivity index (χ1v) is 11.6. The Balaban J connectivity index is 1.52. The Kier molecular flexibility index (Phi) is 3.34. The molecule has 2 heteroatoms. The standard InChI is InChI=1S/C32H24N2/c1-32(2)27-12-7-6-11-24(27)25-20-30-26(19-28(25)32)31-29(13-8-18-33-31)34(30)23-16-14-22(15-17-23)21-9-4-3-5-10-21/h3-20H,1-2H3/i1D3. The highest BCUT2D eigenvalue weighted by atomic mass is 15.0. The average Bonchev–Trinajstić information content (AvgIpc) is 3.38. The molecular weight excluding hydrogens is 412 g/mol. The number of hydrogen-bond acceptors (Lipinski definition) is 1. The molecule has 1 atom stereocenters. The summed E-state index contributed by atoms with van der Waals surface area (Å²) in [6.45, 7) is -0.341. The van der Waals surface area contributed by atoms with Crippen LogP contribution in [0.4, 0.5) is 0 Å². The smallest absolute Gasteiger partial charge is 0.0963 e. The predicted molar refractivity (Wildman–Crippen MR) is 142 cm³/mol. The van der Waals surface area contributed by atoms with Crippen LogP contribution in [0, 0.1) is 0 Å². The van der Waals surface area contributed by atoms with Gasteiger partial charge in [-0.1, -0.05) is 80.5 Å². The van der Waals surface area contributed by atoms with Gasteiger partial charge in [-0.2, -0.15) is 0 Å². The molecule has 0 spiro atoms. The van der Waals surface area contributed by atoms with Gasteiger partial charge in [-0.05, 0) is 69.8 Å². The summed E-state index contributed by atoms with van der Waals surface area (Å²) >= 11 is 0. The molecule has 7 rings (SSSR count). The molecule has 0 saturated heterocycles. The third-order valence-corrected chi connectivity index (χ3v) is 7.19. The first-order valence-electron chi connectivity index (χ1n) is 13.1. The molecule has 0 amide bonds. The third-order valence-electron chi connectivity index (χ3n) is 7.19. The second-order valence-electron chi connectivity index (χ2n) is 9.20. The van der Waals surface area contributed by atoms with Gasteiger partial charge in [0.05, 0.1) is 16.6 Å². The van der Waals surface area contributed by atoms with Gasteiger partial charge in [-0.15, -0.1) is 0 Å². The van der Waals surface area contributed by atoms with Crippen molar-refractivity contribution in [1.82, 2.24) is 9.55 Å². The van der Waals surface area contributed by atoms with Gasteiger partial charge in [-0.25, -0.2) is 0 Å². The third kappa shape index (κ3) is 2.60. The topological polar surface area (TPSA) is 17.8 Å². The average molecular weight is 440 g/mol. The van der Waals surface area contributed by atoms with E-state index in [-0.39, 0.29) is 0 Å². The Morgan fingerprint density at radius 3 is 2.29 bits per heavy atom. The van der Waals surface area contributed by atoms with Crippen LogP contribution in [0.3, 0.4) is 0 Å². The lowest BCUT2D eigenvalue weighted by Crippen LogP contribution is -2.14. The van der Waals surface area contributed by atoms with Gasteiger partial charge >= 0.3 is 0 Å². The van der Waals surface area contributed by atoms with Crippen molar-refractivity contribution in [3.05, 3.63) is 120 Å². The molecule has 2 nitrogen and oxygen atoms in total. The number of aromatic nitrogens is 2. The van der Waals surface area contributed by atoms with E-state index in [1.165, 1.54) is 5.56 Å². The van der Waals surface area contributed by atoms with Gasteiger partial charge in [0.1, 0.15) is 0 Å². The van der Waals surface area contributed by atoms with Crippen LogP contribution in [-0.4, -0.2) is 9.55 Å². The van der Waals surface area contributed by atoms with Gasteiger partial charge in [0.2, 0.25) is 0 Å². The van der Waals surface area contributed by atoms with Crippen LogP contribution in [0.2, 0.25) is 0 Å². The van der Waals surface area contributed by atoms with Crippen LogP contribution in [0.25, 0.3) is 49.9 Å². The fourth-order valence-electron chi connectivity index (χ4n) is 5.52. The van der Waals surface area contributed by atoms with E-state index in [1.807, 2.05) is 55.5 Å². The Hall–Kier alpha value is -4.17. The van der Waals surface area contributed by atoms with E-state index in [4.69, 9.17) is 9.10 Å². The maximum absolute atomic E-state index is 8.50. The van der Waals surface area contributed by atoms with E-state index >= 15 is 0 Å². The molecule has 2 heterocycles. The largest absolute Gasteiger partial charge is 0.308 e. The molecular formula is C32H24N2. The molecule has 4 aromatic carbocycles. The van der Waals surface area contributed by atoms with Crippen LogP contribution < -0.4 is 0 Å². The molecule has 34 heavy (non-hydrogen) atoms. The molecule has 0 fully saturated rings. The van der Waals surface area contributed by atoms with Crippen LogP contribution in [0.15, 0.2) is 109 Å². The summed E-state index contributed by atoms with van der Waals surface area (Å²) in [6.07, 6.45) is 1.80. The SMILES string of the molecule is [2H]C([2H])([2H])C1(C)c2ccccc2-c2cc3c(cc21)c1ncccc1n3-c1ccc(-c2ccccc2)cc1. The van der Waals surface area contributed by atoms with Gasteiger partial charge < -0.3 is 4.57 Å². The van der Waals surface area contributed by atoms with E-state index in [1.54, 1.807) is 6.20 Å². The Morgan fingerprint density at radius 2 is 1.47 bits per heavy atom. The summed E-state index contributed by atoms with van der Waals surface area (Å²) in [5.41, 5.74) is 8.83. The number of fused-ring (bicyclic) bond motifs is 6. The number of pyridine rings is 1. The summed E-state index contributed by atoms with van der Waals surface area (Å²) in [5, 5.41) is 0.963.